The van der Waals surface area contributed by atoms with Gasteiger partial charge in [0, 0.05) is 61.1 Å². The van der Waals surface area contributed by atoms with E-state index < -0.39 is 11.7 Å². The van der Waals surface area contributed by atoms with Crippen LogP contribution in [0.4, 0.5) is 15.8 Å². The molecule has 1 fully saturated rings. The highest BCUT2D eigenvalue weighted by Gasteiger charge is 2.25. The predicted octanol–water partition coefficient (Wildman–Crippen LogP) is 3.11. The number of carbonyl (C=O) groups is 1. The standard InChI is InChI=1S/C25H28FN7O3/c1-13-10-33(11-14(2)28-13)19-7-6-16(22-17(19)9-27-25(30-22)36-5)24(34)29-18-8-15-12-32(3)31-21(15)20(26)23(18)35-4/h6-9,12-14,28H,10-11H2,1-5H3,(H,29,34)/t13-,14-/m1/s1. The highest BCUT2D eigenvalue weighted by Crippen LogP contribution is 2.35. The average Bonchev–Trinajstić information content (AvgIpc) is 3.23. The first kappa shape index (κ1) is 23.7. The number of aryl methyl sites for hydroxylation is 1. The number of aromatic nitrogens is 4. The van der Waals surface area contributed by atoms with Crippen LogP contribution in [0.5, 0.6) is 11.8 Å². The number of carbonyl (C=O) groups excluding carboxylic acids is 1. The van der Waals surface area contributed by atoms with Crippen LogP contribution >= 0.6 is 0 Å². The van der Waals surface area contributed by atoms with Crippen molar-refractivity contribution in [2.24, 2.45) is 7.05 Å². The smallest absolute Gasteiger partial charge is 0.316 e. The number of benzene rings is 2. The summed E-state index contributed by atoms with van der Waals surface area (Å²) in [5, 5.41) is 11.7. The van der Waals surface area contributed by atoms with Crippen LogP contribution in [0.25, 0.3) is 21.8 Å². The second kappa shape index (κ2) is 9.23. The molecule has 1 aliphatic heterocycles. The number of amides is 1. The van der Waals surface area contributed by atoms with Gasteiger partial charge in [0.1, 0.15) is 5.52 Å². The van der Waals surface area contributed by atoms with E-state index in [4.69, 9.17) is 9.47 Å². The minimum Gasteiger partial charge on any atom is -0.491 e. The first-order valence-corrected chi connectivity index (χ1v) is 11.6. The van der Waals surface area contributed by atoms with Crippen molar-refractivity contribution in [1.29, 1.82) is 0 Å². The van der Waals surface area contributed by atoms with Gasteiger partial charge in [0.05, 0.1) is 31.0 Å². The number of piperazine rings is 1. The fourth-order valence-electron chi connectivity index (χ4n) is 4.88. The molecule has 1 aliphatic rings. The molecule has 36 heavy (non-hydrogen) atoms. The van der Waals surface area contributed by atoms with Gasteiger partial charge < -0.3 is 25.0 Å². The molecule has 3 heterocycles. The number of hydrogen-bond donors (Lipinski definition) is 2. The van der Waals surface area contributed by atoms with Gasteiger partial charge in [0.2, 0.25) is 0 Å². The molecule has 4 aromatic rings. The number of nitrogens with zero attached hydrogens (tertiary/aromatic N) is 5. The summed E-state index contributed by atoms with van der Waals surface area (Å²) in [5.74, 6) is -1.20. The Morgan fingerprint density at radius 1 is 1.17 bits per heavy atom. The van der Waals surface area contributed by atoms with Crippen LogP contribution < -0.4 is 25.0 Å². The molecule has 2 aromatic carbocycles. The number of hydrogen-bond acceptors (Lipinski definition) is 8. The summed E-state index contributed by atoms with van der Waals surface area (Å²) in [4.78, 5) is 24.6. The number of halogens is 1. The Labute approximate surface area is 207 Å². The highest BCUT2D eigenvalue weighted by molar-refractivity contribution is 6.14. The van der Waals surface area contributed by atoms with Crippen molar-refractivity contribution in [3.8, 4) is 11.8 Å². The average molecular weight is 494 g/mol. The summed E-state index contributed by atoms with van der Waals surface area (Å²) in [5.41, 5.74) is 2.05. The summed E-state index contributed by atoms with van der Waals surface area (Å²) in [7, 11) is 4.52. The van der Waals surface area contributed by atoms with E-state index in [1.807, 2.05) is 6.07 Å². The van der Waals surface area contributed by atoms with Gasteiger partial charge in [-0.15, -0.1) is 0 Å². The van der Waals surface area contributed by atoms with Crippen LogP contribution in [0.2, 0.25) is 0 Å². The van der Waals surface area contributed by atoms with Crippen LogP contribution in [-0.2, 0) is 7.05 Å². The molecule has 188 valence electrons. The van der Waals surface area contributed by atoms with Crippen molar-refractivity contribution < 1.29 is 18.7 Å². The number of anilines is 2. The van der Waals surface area contributed by atoms with Gasteiger partial charge in [-0.2, -0.15) is 10.1 Å². The number of ether oxygens (including phenoxy) is 2. The molecule has 10 nitrogen and oxygen atoms in total. The minimum absolute atomic E-state index is 0.0912. The molecular formula is C25H28FN7O3. The lowest BCUT2D eigenvalue weighted by molar-refractivity contribution is 0.102. The van der Waals surface area contributed by atoms with Gasteiger partial charge >= 0.3 is 6.01 Å². The molecule has 11 heteroatoms. The van der Waals surface area contributed by atoms with E-state index in [1.54, 1.807) is 31.6 Å². The zero-order valence-electron chi connectivity index (χ0n) is 20.8. The first-order chi connectivity index (χ1) is 17.3. The topological polar surface area (TPSA) is 106 Å². The molecule has 2 aromatic heterocycles. The monoisotopic (exact) mass is 493 g/mol. The molecule has 0 spiro atoms. The Bertz CT molecular complexity index is 1460. The van der Waals surface area contributed by atoms with E-state index in [1.165, 1.54) is 18.9 Å². The van der Waals surface area contributed by atoms with Gasteiger partial charge in [-0.05, 0) is 32.0 Å². The fraction of sp³-hybridized carbons (Fsp3) is 0.360. The maximum absolute atomic E-state index is 15.1. The van der Waals surface area contributed by atoms with Crippen molar-refractivity contribution >= 4 is 39.1 Å². The van der Waals surface area contributed by atoms with E-state index in [0.717, 1.165) is 24.2 Å². The van der Waals surface area contributed by atoms with E-state index in [9.17, 15) is 4.79 Å². The summed E-state index contributed by atoms with van der Waals surface area (Å²) in [6, 6.07) is 6.02. The highest BCUT2D eigenvalue weighted by atomic mass is 19.1. The quantitative estimate of drug-likeness (QED) is 0.437. The Morgan fingerprint density at radius 2 is 1.92 bits per heavy atom. The summed E-state index contributed by atoms with van der Waals surface area (Å²) in [6.45, 7) is 5.88. The Morgan fingerprint density at radius 3 is 2.61 bits per heavy atom. The van der Waals surface area contributed by atoms with E-state index in [2.05, 4.69) is 44.4 Å². The Hall–Kier alpha value is -3.99. The van der Waals surface area contributed by atoms with Crippen LogP contribution in [0, 0.1) is 5.82 Å². The third kappa shape index (κ3) is 4.15. The van der Waals surface area contributed by atoms with E-state index in [0.29, 0.717) is 28.6 Å². The zero-order chi connectivity index (χ0) is 25.6. The van der Waals surface area contributed by atoms with Crippen molar-refractivity contribution in [3.63, 3.8) is 0 Å². The molecule has 2 atom stereocenters. The molecular weight excluding hydrogens is 465 g/mol. The van der Waals surface area contributed by atoms with Crippen LogP contribution in [0.3, 0.4) is 0 Å². The second-order valence-electron chi connectivity index (χ2n) is 9.09. The number of fused-ring (bicyclic) bond motifs is 2. The van der Waals surface area contributed by atoms with Gasteiger partial charge in [0.15, 0.2) is 11.6 Å². The normalized spacial score (nSPS) is 18.0. The summed E-state index contributed by atoms with van der Waals surface area (Å²) >= 11 is 0. The molecule has 0 radical (unpaired) electrons. The van der Waals surface area contributed by atoms with Crippen LogP contribution in [0.1, 0.15) is 24.2 Å². The largest absolute Gasteiger partial charge is 0.491 e. The van der Waals surface area contributed by atoms with Crippen molar-refractivity contribution in [3.05, 3.63) is 42.0 Å². The molecule has 0 aliphatic carbocycles. The molecule has 0 saturated carbocycles. The second-order valence-corrected chi connectivity index (χ2v) is 9.09. The predicted molar refractivity (Wildman–Crippen MR) is 136 cm³/mol. The lowest BCUT2D eigenvalue weighted by Crippen LogP contribution is -2.54. The van der Waals surface area contributed by atoms with Crippen molar-refractivity contribution in [2.45, 2.75) is 25.9 Å². The Balaban J connectivity index is 1.58. The van der Waals surface area contributed by atoms with Crippen LogP contribution in [0.15, 0.2) is 30.6 Å². The maximum Gasteiger partial charge on any atom is 0.316 e. The van der Waals surface area contributed by atoms with Gasteiger partial charge in [-0.1, -0.05) is 0 Å². The van der Waals surface area contributed by atoms with Crippen molar-refractivity contribution in [1.82, 2.24) is 25.1 Å². The summed E-state index contributed by atoms with van der Waals surface area (Å²) < 4.78 is 27.1. The molecule has 0 unspecified atom stereocenters. The third-order valence-corrected chi connectivity index (χ3v) is 6.29. The molecule has 5 rings (SSSR count). The molecule has 2 N–H and O–H groups in total. The number of nitrogens with one attached hydrogen (secondary N) is 2. The van der Waals surface area contributed by atoms with Crippen molar-refractivity contribution in [2.75, 3.05) is 37.5 Å². The lowest BCUT2D eigenvalue weighted by atomic mass is 10.0. The van der Waals surface area contributed by atoms with Gasteiger partial charge in [0.25, 0.3) is 5.91 Å². The third-order valence-electron chi connectivity index (χ3n) is 6.29. The maximum atomic E-state index is 15.1. The van der Waals surface area contributed by atoms with E-state index in [-0.39, 0.29) is 23.0 Å². The number of methoxy groups -OCH3 is 2. The molecule has 0 bridgehead atoms. The first-order valence-electron chi connectivity index (χ1n) is 11.6. The Kier molecular flexibility index (Phi) is 6.09. The van der Waals surface area contributed by atoms with E-state index >= 15 is 4.39 Å². The lowest BCUT2D eigenvalue weighted by Gasteiger charge is -2.38. The molecule has 1 amide bonds. The van der Waals surface area contributed by atoms with Crippen LogP contribution in [-0.4, -0.2) is 65.0 Å². The van der Waals surface area contributed by atoms with Gasteiger partial charge in [-0.3, -0.25) is 9.48 Å². The van der Waals surface area contributed by atoms with Gasteiger partial charge in [-0.25, -0.2) is 9.37 Å². The molecule has 1 saturated heterocycles. The summed E-state index contributed by atoms with van der Waals surface area (Å²) in [6.07, 6.45) is 3.35. The SMILES string of the molecule is COc1ncc2c(N3C[C@@H](C)N[C@H](C)C3)ccc(C(=O)Nc3cc4cn(C)nc4c(F)c3OC)c2n1. The fourth-order valence-corrected chi connectivity index (χ4v) is 4.88. The minimum atomic E-state index is -0.642. The zero-order valence-corrected chi connectivity index (χ0v) is 20.8. The number of rotatable bonds is 5.